The van der Waals surface area contributed by atoms with Crippen molar-refractivity contribution in [1.29, 1.82) is 0 Å². The molecule has 0 bridgehead atoms. The zero-order valence-electron chi connectivity index (χ0n) is 14.1. The van der Waals surface area contributed by atoms with Gasteiger partial charge in [-0.3, -0.25) is 9.59 Å². The van der Waals surface area contributed by atoms with E-state index in [-0.39, 0.29) is 12.3 Å². The Balaban J connectivity index is 1.78. The molecular formula is C19H20ClNO4. The Labute approximate surface area is 151 Å². The Hall–Kier alpha value is -2.53. The maximum absolute atomic E-state index is 12.0. The van der Waals surface area contributed by atoms with Gasteiger partial charge in [0.2, 0.25) is 0 Å². The third-order valence-electron chi connectivity index (χ3n) is 3.56. The summed E-state index contributed by atoms with van der Waals surface area (Å²) in [7, 11) is 1.59. The average Bonchev–Trinajstić information content (AvgIpc) is 2.62. The zero-order valence-corrected chi connectivity index (χ0v) is 14.9. The fourth-order valence-corrected chi connectivity index (χ4v) is 2.26. The van der Waals surface area contributed by atoms with Crippen molar-refractivity contribution in [2.75, 3.05) is 7.11 Å². The highest BCUT2D eigenvalue weighted by atomic mass is 35.5. The van der Waals surface area contributed by atoms with Crippen LogP contribution in [0.5, 0.6) is 5.75 Å². The number of hydrogen-bond donors (Lipinski definition) is 1. The number of carbonyl (C=O) groups excluding carboxylic acids is 2. The largest absolute Gasteiger partial charge is 0.497 e. The molecule has 1 amide bonds. The van der Waals surface area contributed by atoms with Gasteiger partial charge in [0.1, 0.15) is 5.75 Å². The summed E-state index contributed by atoms with van der Waals surface area (Å²) in [4.78, 5) is 23.9. The zero-order chi connectivity index (χ0) is 18.2. The Morgan fingerprint density at radius 2 is 1.64 bits per heavy atom. The first-order valence-corrected chi connectivity index (χ1v) is 8.20. The van der Waals surface area contributed by atoms with Gasteiger partial charge in [0.25, 0.3) is 5.91 Å². The number of rotatable bonds is 7. The molecule has 25 heavy (non-hydrogen) atoms. The van der Waals surface area contributed by atoms with Crippen molar-refractivity contribution in [2.24, 2.45) is 0 Å². The summed E-state index contributed by atoms with van der Waals surface area (Å²) in [6.07, 6.45) is -0.772. The van der Waals surface area contributed by atoms with E-state index >= 15 is 0 Å². The molecule has 0 saturated carbocycles. The molecule has 2 rings (SSSR count). The molecule has 1 atom stereocenters. The molecule has 0 aliphatic heterocycles. The highest BCUT2D eigenvalue weighted by Gasteiger charge is 2.17. The van der Waals surface area contributed by atoms with Gasteiger partial charge in [-0.2, -0.15) is 0 Å². The predicted octanol–water partition coefficient (Wildman–Crippen LogP) is 3.14. The minimum absolute atomic E-state index is 0.0905. The molecule has 2 aromatic carbocycles. The van der Waals surface area contributed by atoms with Crippen LogP contribution in [0.15, 0.2) is 48.5 Å². The Bertz CT molecular complexity index is 713. The second kappa shape index (κ2) is 9.08. The summed E-state index contributed by atoms with van der Waals surface area (Å²) >= 11 is 5.80. The number of benzene rings is 2. The summed E-state index contributed by atoms with van der Waals surface area (Å²) in [6, 6.07) is 14.3. The topological polar surface area (TPSA) is 64.6 Å². The van der Waals surface area contributed by atoms with E-state index in [0.29, 0.717) is 11.6 Å². The molecule has 0 saturated heterocycles. The van der Waals surface area contributed by atoms with E-state index in [1.54, 1.807) is 38.3 Å². The van der Waals surface area contributed by atoms with Crippen molar-refractivity contribution in [2.45, 2.75) is 26.0 Å². The summed E-state index contributed by atoms with van der Waals surface area (Å²) in [5.41, 5.74) is 1.70. The van der Waals surface area contributed by atoms with Crippen LogP contribution in [0.1, 0.15) is 18.1 Å². The van der Waals surface area contributed by atoms with Crippen LogP contribution in [-0.2, 0) is 27.3 Å². The summed E-state index contributed by atoms with van der Waals surface area (Å²) < 4.78 is 10.2. The first kappa shape index (κ1) is 18.8. The summed E-state index contributed by atoms with van der Waals surface area (Å²) in [5.74, 6) is -0.0609. The molecule has 6 heteroatoms. The SMILES string of the molecule is COc1ccc(CNC(=O)[C@H](C)OC(=O)Cc2ccc(Cl)cc2)cc1. The molecule has 0 spiro atoms. The molecule has 0 aliphatic rings. The molecule has 0 unspecified atom stereocenters. The third-order valence-corrected chi connectivity index (χ3v) is 3.82. The number of esters is 1. The number of methoxy groups -OCH3 is 1. The van der Waals surface area contributed by atoms with E-state index in [1.807, 2.05) is 24.3 Å². The van der Waals surface area contributed by atoms with E-state index in [0.717, 1.165) is 16.9 Å². The summed E-state index contributed by atoms with van der Waals surface area (Å²) in [6.45, 7) is 1.89. The Morgan fingerprint density at radius 1 is 1.04 bits per heavy atom. The first-order valence-electron chi connectivity index (χ1n) is 7.82. The van der Waals surface area contributed by atoms with Gasteiger partial charge in [-0.25, -0.2) is 0 Å². The predicted molar refractivity (Wildman–Crippen MR) is 95.6 cm³/mol. The van der Waals surface area contributed by atoms with Crippen LogP contribution in [0.3, 0.4) is 0 Å². The van der Waals surface area contributed by atoms with Crippen LogP contribution < -0.4 is 10.1 Å². The number of nitrogens with one attached hydrogen (secondary N) is 1. The molecule has 132 valence electrons. The fraction of sp³-hybridized carbons (Fsp3) is 0.263. The van der Waals surface area contributed by atoms with E-state index in [4.69, 9.17) is 21.1 Å². The number of amides is 1. The highest BCUT2D eigenvalue weighted by molar-refractivity contribution is 6.30. The first-order chi connectivity index (χ1) is 12.0. The lowest BCUT2D eigenvalue weighted by molar-refractivity contribution is -0.154. The van der Waals surface area contributed by atoms with Crippen molar-refractivity contribution in [3.05, 3.63) is 64.7 Å². The van der Waals surface area contributed by atoms with E-state index in [9.17, 15) is 9.59 Å². The maximum Gasteiger partial charge on any atom is 0.311 e. The average molecular weight is 362 g/mol. The van der Waals surface area contributed by atoms with Crippen LogP contribution in [0.4, 0.5) is 0 Å². The molecule has 2 aromatic rings. The van der Waals surface area contributed by atoms with Crippen molar-refractivity contribution in [3.63, 3.8) is 0 Å². The van der Waals surface area contributed by atoms with Crippen molar-refractivity contribution in [1.82, 2.24) is 5.32 Å². The molecule has 0 aliphatic carbocycles. The van der Waals surface area contributed by atoms with Gasteiger partial charge in [-0.15, -0.1) is 0 Å². The van der Waals surface area contributed by atoms with Gasteiger partial charge in [-0.05, 0) is 42.3 Å². The number of ether oxygens (including phenoxy) is 2. The molecule has 0 aromatic heterocycles. The number of carbonyl (C=O) groups is 2. The lowest BCUT2D eigenvalue weighted by Crippen LogP contribution is -2.35. The minimum Gasteiger partial charge on any atom is -0.497 e. The standard InChI is InChI=1S/C19H20ClNO4/c1-13(25-18(22)11-14-3-7-16(20)8-4-14)19(23)21-12-15-5-9-17(24-2)10-6-15/h3-10,13H,11-12H2,1-2H3,(H,21,23)/t13-/m0/s1. The monoisotopic (exact) mass is 361 g/mol. The van der Waals surface area contributed by atoms with Crippen LogP contribution in [0.2, 0.25) is 5.02 Å². The van der Waals surface area contributed by atoms with Gasteiger partial charge in [0.15, 0.2) is 6.10 Å². The second-order valence-electron chi connectivity index (χ2n) is 5.50. The lowest BCUT2D eigenvalue weighted by Gasteiger charge is -2.14. The Morgan fingerprint density at radius 3 is 2.24 bits per heavy atom. The van der Waals surface area contributed by atoms with E-state index in [1.165, 1.54) is 0 Å². The fourth-order valence-electron chi connectivity index (χ4n) is 2.14. The van der Waals surface area contributed by atoms with Crippen LogP contribution in [0, 0.1) is 0 Å². The minimum atomic E-state index is -0.863. The Kier molecular flexibility index (Phi) is 6.83. The van der Waals surface area contributed by atoms with Crippen molar-refractivity contribution in [3.8, 4) is 5.75 Å². The smallest absolute Gasteiger partial charge is 0.311 e. The van der Waals surface area contributed by atoms with Gasteiger partial charge in [-0.1, -0.05) is 35.9 Å². The molecule has 1 N–H and O–H groups in total. The van der Waals surface area contributed by atoms with Crippen molar-refractivity contribution < 1.29 is 19.1 Å². The molecule has 0 heterocycles. The lowest BCUT2D eigenvalue weighted by atomic mass is 10.1. The van der Waals surface area contributed by atoms with Gasteiger partial charge in [0.05, 0.1) is 13.5 Å². The van der Waals surface area contributed by atoms with Crippen molar-refractivity contribution >= 4 is 23.5 Å². The van der Waals surface area contributed by atoms with Gasteiger partial charge >= 0.3 is 5.97 Å². The van der Waals surface area contributed by atoms with E-state index < -0.39 is 12.1 Å². The second-order valence-corrected chi connectivity index (χ2v) is 5.94. The normalized spacial score (nSPS) is 11.5. The number of halogens is 1. The van der Waals surface area contributed by atoms with Crippen LogP contribution >= 0.6 is 11.6 Å². The van der Waals surface area contributed by atoms with Crippen LogP contribution in [-0.4, -0.2) is 25.1 Å². The highest BCUT2D eigenvalue weighted by Crippen LogP contribution is 2.12. The number of hydrogen-bond acceptors (Lipinski definition) is 4. The molecule has 5 nitrogen and oxygen atoms in total. The third kappa shape index (κ3) is 6.12. The van der Waals surface area contributed by atoms with Gasteiger partial charge in [0, 0.05) is 11.6 Å². The quantitative estimate of drug-likeness (QED) is 0.769. The maximum atomic E-state index is 12.0. The molecule has 0 radical (unpaired) electrons. The van der Waals surface area contributed by atoms with Crippen LogP contribution in [0.25, 0.3) is 0 Å². The molecular weight excluding hydrogens is 342 g/mol. The molecule has 0 fully saturated rings. The summed E-state index contributed by atoms with van der Waals surface area (Å²) in [5, 5.41) is 3.34. The van der Waals surface area contributed by atoms with Gasteiger partial charge < -0.3 is 14.8 Å². The van der Waals surface area contributed by atoms with E-state index in [2.05, 4.69) is 5.32 Å².